The average Bonchev–Trinajstić information content (AvgIpc) is 2.90. The number of rotatable bonds is 23. The molecule has 222 valence electrons. The van der Waals surface area contributed by atoms with Crippen molar-refractivity contribution in [1.29, 1.82) is 0 Å². The Labute approximate surface area is 231 Å². The fourth-order valence-corrected chi connectivity index (χ4v) is 3.57. The molecule has 0 aromatic rings. The summed E-state index contributed by atoms with van der Waals surface area (Å²) in [5.41, 5.74) is 0. The quantitative estimate of drug-likeness (QED) is 0.0596. The van der Waals surface area contributed by atoms with E-state index in [-0.39, 0.29) is 12.8 Å². The number of carbonyl (C=O) groups excluding carboxylic acids is 2. The van der Waals surface area contributed by atoms with Gasteiger partial charge in [-0.2, -0.15) is 0 Å². The number of ether oxygens (including phenoxy) is 1. The number of phosphoric ester groups is 1. The van der Waals surface area contributed by atoms with Crippen LogP contribution in [-0.4, -0.2) is 64.9 Å². The van der Waals surface area contributed by atoms with Gasteiger partial charge in [-0.3, -0.25) is 18.6 Å². The number of phosphoric acid groups is 1. The van der Waals surface area contributed by atoms with E-state index < -0.39 is 57.6 Å². The second-order valence-corrected chi connectivity index (χ2v) is 9.91. The smallest absolute Gasteiger partial charge is 0.472 e. The van der Waals surface area contributed by atoms with Crippen LogP contribution >= 0.6 is 7.82 Å². The number of hydrogen-bond acceptors (Lipinski definition) is 8. The number of esters is 1. The van der Waals surface area contributed by atoms with Gasteiger partial charge in [-0.1, -0.05) is 62.5 Å². The molecule has 0 aliphatic heterocycles. The third-order valence-corrected chi connectivity index (χ3v) is 5.90. The van der Waals surface area contributed by atoms with Crippen LogP contribution in [0.5, 0.6) is 0 Å². The highest BCUT2D eigenvalue weighted by Gasteiger charge is 2.28. The normalized spacial score (nSPS) is 15.2. The van der Waals surface area contributed by atoms with Crippen LogP contribution in [0.25, 0.3) is 0 Å². The Morgan fingerprint density at radius 2 is 1.41 bits per heavy atom. The van der Waals surface area contributed by atoms with E-state index in [0.29, 0.717) is 6.42 Å². The predicted molar refractivity (Wildman–Crippen MR) is 148 cm³/mol. The number of aliphatic hydroxyl groups excluding tert-OH is 1. The molecule has 0 aromatic carbocycles. The molecule has 3 unspecified atom stereocenters. The monoisotopic (exact) mass is 573 g/mol. The highest BCUT2D eigenvalue weighted by Crippen LogP contribution is 2.43. The van der Waals surface area contributed by atoms with E-state index in [1.807, 2.05) is 0 Å². The molecule has 0 aliphatic rings. The third kappa shape index (κ3) is 23.1. The SMILES string of the molecule is CC/C=C\C/C=C\C/C=C\C/C=C\CCCCC(=O)OCC(O)COP(=O)(O)OCC(NC(=O)CC)C(=O)O. The van der Waals surface area contributed by atoms with E-state index in [9.17, 15) is 28.9 Å². The zero-order valence-corrected chi connectivity index (χ0v) is 23.8. The zero-order valence-electron chi connectivity index (χ0n) is 22.9. The number of nitrogens with one attached hydrogen (secondary N) is 1. The predicted octanol–water partition coefficient (Wildman–Crippen LogP) is 4.37. The fourth-order valence-electron chi connectivity index (χ4n) is 2.80. The first kappa shape index (κ1) is 36.4. The molecule has 0 radical (unpaired) electrons. The molecule has 0 rings (SSSR count). The Balaban J connectivity index is 3.96. The third-order valence-electron chi connectivity index (χ3n) is 4.95. The molecule has 1 amide bonds. The lowest BCUT2D eigenvalue weighted by atomic mass is 10.2. The van der Waals surface area contributed by atoms with Gasteiger partial charge in [0.25, 0.3) is 0 Å². The number of amides is 1. The summed E-state index contributed by atoms with van der Waals surface area (Å²) in [6.07, 6.45) is 21.8. The fraction of sp³-hybridized carbons (Fsp3) is 0.593. The summed E-state index contributed by atoms with van der Waals surface area (Å²) in [5.74, 6) is -2.55. The molecule has 0 saturated heterocycles. The number of allylic oxidation sites excluding steroid dienone is 8. The van der Waals surface area contributed by atoms with Gasteiger partial charge in [0.05, 0.1) is 13.2 Å². The van der Waals surface area contributed by atoms with Gasteiger partial charge in [-0.25, -0.2) is 9.36 Å². The van der Waals surface area contributed by atoms with Gasteiger partial charge in [0.2, 0.25) is 5.91 Å². The van der Waals surface area contributed by atoms with Crippen molar-refractivity contribution in [2.75, 3.05) is 19.8 Å². The first-order chi connectivity index (χ1) is 18.6. The second-order valence-electron chi connectivity index (χ2n) is 8.46. The van der Waals surface area contributed by atoms with Crippen molar-refractivity contribution in [3.63, 3.8) is 0 Å². The van der Waals surface area contributed by atoms with Gasteiger partial charge in [-0.15, -0.1) is 0 Å². The van der Waals surface area contributed by atoms with Crippen LogP contribution in [0.15, 0.2) is 48.6 Å². The summed E-state index contributed by atoms with van der Waals surface area (Å²) >= 11 is 0. The summed E-state index contributed by atoms with van der Waals surface area (Å²) in [7, 11) is -4.72. The molecule has 0 fully saturated rings. The Morgan fingerprint density at radius 3 is 1.97 bits per heavy atom. The molecule has 0 aromatic heterocycles. The van der Waals surface area contributed by atoms with Crippen LogP contribution in [0.3, 0.4) is 0 Å². The van der Waals surface area contributed by atoms with Gasteiger partial charge in [0.1, 0.15) is 12.7 Å². The number of carboxylic acids is 1. The van der Waals surface area contributed by atoms with Crippen LogP contribution in [0.1, 0.15) is 71.6 Å². The standard InChI is InChI=1S/C27H44NO10P/c1-3-5-6-7-8-9-10-11-12-13-14-15-16-17-18-19-26(31)36-20-23(29)21-37-39(34,35)38-22-24(27(32)33)28-25(30)4-2/h5-6,8-9,11-12,14-15,23-24,29H,3-4,7,10,13,16-22H2,1-2H3,(H,28,30)(H,32,33)(H,34,35)/b6-5-,9-8-,12-11-,15-14-. The van der Waals surface area contributed by atoms with Gasteiger partial charge < -0.3 is 25.2 Å². The van der Waals surface area contributed by atoms with Gasteiger partial charge in [-0.05, 0) is 44.9 Å². The number of carbonyl (C=O) groups is 3. The summed E-state index contributed by atoms with van der Waals surface area (Å²) < 4.78 is 26.0. The summed E-state index contributed by atoms with van der Waals surface area (Å²) in [6, 6.07) is -1.55. The van der Waals surface area contributed by atoms with Gasteiger partial charge in [0.15, 0.2) is 6.04 Å². The Bertz CT molecular complexity index is 869. The molecular formula is C27H44NO10P. The lowest BCUT2D eigenvalue weighted by molar-refractivity contribution is -0.147. The average molecular weight is 574 g/mol. The molecule has 11 nitrogen and oxygen atoms in total. The molecule has 3 atom stereocenters. The number of carboxylic acid groups (broad SMARTS) is 1. The van der Waals surface area contributed by atoms with E-state index in [1.54, 1.807) is 0 Å². The van der Waals surface area contributed by atoms with Crippen molar-refractivity contribution in [2.45, 2.75) is 83.8 Å². The molecule has 39 heavy (non-hydrogen) atoms. The zero-order chi connectivity index (χ0) is 29.4. The summed E-state index contributed by atoms with van der Waals surface area (Å²) in [5, 5.41) is 21.0. The maximum absolute atomic E-state index is 11.9. The number of aliphatic hydroxyl groups is 1. The first-order valence-corrected chi connectivity index (χ1v) is 14.7. The van der Waals surface area contributed by atoms with Crippen LogP contribution in [0.2, 0.25) is 0 Å². The summed E-state index contributed by atoms with van der Waals surface area (Å²) in [4.78, 5) is 43.9. The van der Waals surface area contributed by atoms with Crippen molar-refractivity contribution < 1.29 is 47.8 Å². The van der Waals surface area contributed by atoms with E-state index >= 15 is 0 Å². The van der Waals surface area contributed by atoms with Gasteiger partial charge >= 0.3 is 19.8 Å². The molecule has 4 N–H and O–H groups in total. The first-order valence-electron chi connectivity index (χ1n) is 13.2. The minimum Gasteiger partial charge on any atom is -0.480 e. The Kier molecular flexibility index (Phi) is 21.8. The van der Waals surface area contributed by atoms with Crippen molar-refractivity contribution in [3.8, 4) is 0 Å². The lowest BCUT2D eigenvalue weighted by Crippen LogP contribution is -2.43. The molecule has 0 spiro atoms. The van der Waals surface area contributed by atoms with E-state index in [4.69, 9.17) is 9.84 Å². The topological polar surface area (TPSA) is 169 Å². The maximum atomic E-state index is 11.9. The minimum atomic E-state index is -4.72. The van der Waals surface area contributed by atoms with Crippen LogP contribution < -0.4 is 5.32 Å². The maximum Gasteiger partial charge on any atom is 0.472 e. The largest absolute Gasteiger partial charge is 0.480 e. The number of aliphatic carboxylic acids is 1. The molecule has 0 saturated carbocycles. The van der Waals surface area contributed by atoms with Crippen molar-refractivity contribution in [3.05, 3.63) is 48.6 Å². The lowest BCUT2D eigenvalue weighted by Gasteiger charge is -2.18. The molecule has 12 heteroatoms. The van der Waals surface area contributed by atoms with Crippen molar-refractivity contribution in [2.24, 2.45) is 0 Å². The van der Waals surface area contributed by atoms with Crippen LogP contribution in [0, 0.1) is 0 Å². The Morgan fingerprint density at radius 1 is 0.846 bits per heavy atom. The molecule has 0 bridgehead atoms. The molecule has 0 heterocycles. The van der Waals surface area contributed by atoms with Crippen LogP contribution in [0.4, 0.5) is 0 Å². The van der Waals surface area contributed by atoms with E-state index in [2.05, 4.69) is 69.9 Å². The number of unbranched alkanes of at least 4 members (excludes halogenated alkanes) is 2. The summed E-state index contributed by atoms with van der Waals surface area (Å²) in [6.45, 7) is 1.67. The molecular weight excluding hydrogens is 529 g/mol. The minimum absolute atomic E-state index is 0.0211. The van der Waals surface area contributed by atoms with Crippen LogP contribution in [-0.2, 0) is 32.7 Å². The number of hydrogen-bond donors (Lipinski definition) is 4. The van der Waals surface area contributed by atoms with Gasteiger partial charge in [0, 0.05) is 12.8 Å². The molecule has 0 aliphatic carbocycles. The second kappa shape index (κ2) is 23.3. The highest BCUT2D eigenvalue weighted by molar-refractivity contribution is 7.47. The van der Waals surface area contributed by atoms with Crippen molar-refractivity contribution >= 4 is 25.7 Å². The van der Waals surface area contributed by atoms with E-state index in [1.165, 1.54) is 6.92 Å². The van der Waals surface area contributed by atoms with Crippen molar-refractivity contribution in [1.82, 2.24) is 5.32 Å². The van der Waals surface area contributed by atoms with E-state index in [0.717, 1.165) is 38.5 Å². The Hall–Kier alpha value is -2.56. The highest BCUT2D eigenvalue weighted by atomic mass is 31.2.